The van der Waals surface area contributed by atoms with Crippen LogP contribution >= 0.6 is 0 Å². The van der Waals surface area contributed by atoms with Crippen molar-refractivity contribution in [2.24, 2.45) is 5.41 Å². The van der Waals surface area contributed by atoms with E-state index >= 15 is 0 Å². The highest BCUT2D eigenvalue weighted by atomic mass is 16.5. The molecule has 0 bridgehead atoms. The lowest BCUT2D eigenvalue weighted by Gasteiger charge is -2.40. The van der Waals surface area contributed by atoms with Gasteiger partial charge in [-0.05, 0) is 66.9 Å². The summed E-state index contributed by atoms with van der Waals surface area (Å²) in [6.07, 6.45) is 7.89. The maximum atomic E-state index is 12.9. The van der Waals surface area contributed by atoms with Gasteiger partial charge in [-0.3, -0.25) is 4.79 Å². The number of Topliss-reactive ketones (excluding diaryl/α,β-unsaturated/α-hetero) is 1. The van der Waals surface area contributed by atoms with Crippen molar-refractivity contribution in [3.05, 3.63) is 58.7 Å². The molecule has 2 heterocycles. The maximum absolute atomic E-state index is 12.9. The van der Waals surface area contributed by atoms with Crippen molar-refractivity contribution in [1.82, 2.24) is 9.97 Å². The third kappa shape index (κ3) is 5.10. The number of hydrogen-bond donors (Lipinski definition) is 2. The second kappa shape index (κ2) is 8.89. The van der Waals surface area contributed by atoms with E-state index in [0.29, 0.717) is 12.8 Å². The Labute approximate surface area is 195 Å². The van der Waals surface area contributed by atoms with E-state index in [9.17, 15) is 9.90 Å². The fourth-order valence-corrected chi connectivity index (χ4v) is 5.18. The third-order valence-corrected chi connectivity index (χ3v) is 6.99. The number of ether oxygens (including phenoxy) is 1. The van der Waals surface area contributed by atoms with Crippen LogP contribution < -0.4 is 0 Å². The fourth-order valence-electron chi connectivity index (χ4n) is 5.18. The minimum atomic E-state index is -0.953. The van der Waals surface area contributed by atoms with E-state index in [-0.39, 0.29) is 41.3 Å². The van der Waals surface area contributed by atoms with Gasteiger partial charge in [0.15, 0.2) is 5.82 Å². The van der Waals surface area contributed by atoms with Crippen LogP contribution in [0.1, 0.15) is 92.8 Å². The second-order valence-electron chi connectivity index (χ2n) is 10.5. The van der Waals surface area contributed by atoms with E-state index in [0.717, 1.165) is 36.0 Å². The van der Waals surface area contributed by atoms with Gasteiger partial charge in [0.1, 0.15) is 11.8 Å². The van der Waals surface area contributed by atoms with Crippen LogP contribution in [-0.4, -0.2) is 33.1 Å². The van der Waals surface area contributed by atoms with E-state index in [4.69, 9.17) is 10.00 Å². The lowest BCUT2D eigenvalue weighted by molar-refractivity contribution is -0.135. The molecule has 0 saturated carbocycles. The first-order valence-electron chi connectivity index (χ1n) is 11.8. The van der Waals surface area contributed by atoms with Gasteiger partial charge < -0.3 is 14.8 Å². The molecule has 1 saturated heterocycles. The Morgan fingerprint density at radius 1 is 1.30 bits per heavy atom. The second-order valence-corrected chi connectivity index (χ2v) is 10.5. The van der Waals surface area contributed by atoms with Crippen LogP contribution in [-0.2, 0) is 16.8 Å². The van der Waals surface area contributed by atoms with Crippen molar-refractivity contribution in [2.75, 3.05) is 0 Å². The summed E-state index contributed by atoms with van der Waals surface area (Å²) >= 11 is 0. The number of nitrogens with one attached hydrogen (secondary N) is 1. The topological polar surface area (TPSA) is 99.0 Å². The monoisotopic (exact) mass is 447 g/mol. The Morgan fingerprint density at radius 2 is 2.03 bits per heavy atom. The van der Waals surface area contributed by atoms with Crippen LogP contribution in [0.25, 0.3) is 5.57 Å². The van der Waals surface area contributed by atoms with E-state index in [1.54, 1.807) is 0 Å². The quantitative estimate of drug-likeness (QED) is 0.623. The number of hydrogen-bond acceptors (Lipinski definition) is 5. The Bertz CT molecular complexity index is 1110. The molecule has 1 fully saturated rings. The highest BCUT2D eigenvalue weighted by Gasteiger charge is 2.39. The molecule has 1 aliphatic heterocycles. The van der Waals surface area contributed by atoms with Crippen molar-refractivity contribution in [2.45, 2.75) is 84.0 Å². The van der Waals surface area contributed by atoms with Gasteiger partial charge in [-0.2, -0.15) is 5.26 Å². The largest absolute Gasteiger partial charge is 0.385 e. The van der Waals surface area contributed by atoms with Gasteiger partial charge in [0.05, 0.1) is 24.0 Å². The van der Waals surface area contributed by atoms with Gasteiger partial charge in [-0.15, -0.1) is 0 Å². The number of imidazole rings is 1. The lowest BCUT2D eigenvalue weighted by atomic mass is 9.75. The molecule has 1 unspecified atom stereocenters. The zero-order valence-electron chi connectivity index (χ0n) is 19.9. The lowest BCUT2D eigenvalue weighted by Crippen LogP contribution is -2.41. The summed E-state index contributed by atoms with van der Waals surface area (Å²) in [6, 6.07) is 7.98. The van der Waals surface area contributed by atoms with Crippen molar-refractivity contribution in [3.8, 4) is 6.07 Å². The zero-order valence-corrected chi connectivity index (χ0v) is 19.9. The number of ketones is 1. The van der Waals surface area contributed by atoms with E-state index in [2.05, 4.69) is 36.0 Å². The van der Waals surface area contributed by atoms with E-state index in [1.807, 2.05) is 32.0 Å². The first-order valence-corrected chi connectivity index (χ1v) is 11.8. The van der Waals surface area contributed by atoms with Crippen molar-refractivity contribution >= 4 is 11.4 Å². The molecule has 4 rings (SSSR count). The van der Waals surface area contributed by atoms with Crippen molar-refractivity contribution in [1.29, 1.82) is 5.26 Å². The maximum Gasteiger partial charge on any atom is 0.202 e. The molecule has 6 nitrogen and oxygen atoms in total. The minimum Gasteiger partial charge on any atom is -0.385 e. The average Bonchev–Trinajstić information content (AvgIpc) is 3.23. The van der Waals surface area contributed by atoms with Gasteiger partial charge >= 0.3 is 0 Å². The molecule has 3 atom stereocenters. The van der Waals surface area contributed by atoms with Crippen LogP contribution in [0.5, 0.6) is 0 Å². The smallest absolute Gasteiger partial charge is 0.202 e. The Morgan fingerprint density at radius 3 is 2.64 bits per heavy atom. The van der Waals surface area contributed by atoms with Gasteiger partial charge in [-0.25, -0.2) is 4.98 Å². The number of aliphatic hydroxyl groups is 1. The molecular weight excluding hydrogens is 414 g/mol. The zero-order chi connectivity index (χ0) is 23.8. The van der Waals surface area contributed by atoms with Crippen LogP contribution in [0, 0.1) is 16.7 Å². The number of allylic oxidation sites excluding steroid dienone is 2. The Kier molecular flexibility index (Phi) is 6.30. The molecule has 6 heteroatoms. The molecule has 174 valence electrons. The minimum absolute atomic E-state index is 0.0218. The molecule has 1 aliphatic carbocycles. The van der Waals surface area contributed by atoms with E-state index in [1.165, 1.54) is 11.8 Å². The summed E-state index contributed by atoms with van der Waals surface area (Å²) in [5.74, 6) is 0.0419. The summed E-state index contributed by atoms with van der Waals surface area (Å²) in [5.41, 5.74) is 3.65. The van der Waals surface area contributed by atoms with Gasteiger partial charge in [0.2, 0.25) is 5.78 Å². The molecular formula is C27H33N3O3. The molecule has 0 radical (unpaired) electrons. The highest BCUT2D eigenvalue weighted by molar-refractivity contribution is 5.95. The van der Waals surface area contributed by atoms with Crippen molar-refractivity contribution < 1.29 is 14.6 Å². The molecule has 33 heavy (non-hydrogen) atoms. The molecule has 2 aliphatic rings. The summed E-state index contributed by atoms with van der Waals surface area (Å²) in [6.45, 7) is 8.55. The fraction of sp³-hybridized carbons (Fsp3) is 0.519. The number of benzene rings is 1. The number of aromatic amines is 1. The highest BCUT2D eigenvalue weighted by Crippen LogP contribution is 2.42. The Hall–Kier alpha value is -2.75. The van der Waals surface area contributed by atoms with E-state index < -0.39 is 5.60 Å². The van der Waals surface area contributed by atoms with Crippen LogP contribution in [0.2, 0.25) is 0 Å². The summed E-state index contributed by atoms with van der Waals surface area (Å²) in [5, 5.41) is 20.6. The normalized spacial score (nSPS) is 27.0. The predicted molar refractivity (Wildman–Crippen MR) is 127 cm³/mol. The molecule has 1 aromatic carbocycles. The van der Waals surface area contributed by atoms with Crippen LogP contribution in [0.4, 0.5) is 0 Å². The van der Waals surface area contributed by atoms with Gasteiger partial charge in [0, 0.05) is 19.3 Å². The van der Waals surface area contributed by atoms with Crippen molar-refractivity contribution in [3.63, 3.8) is 0 Å². The Balaban J connectivity index is 1.71. The molecule has 2 aromatic rings. The molecule has 2 N–H and O–H groups in total. The first-order chi connectivity index (χ1) is 15.6. The van der Waals surface area contributed by atoms with Crippen LogP contribution in [0.3, 0.4) is 0 Å². The number of H-pyrrole nitrogens is 1. The number of aromatic nitrogens is 2. The molecule has 1 aromatic heterocycles. The number of nitriles is 1. The summed E-state index contributed by atoms with van der Waals surface area (Å²) in [4.78, 5) is 19.8. The SMILES string of the molecule is C[C@@H]1CC(O)(c2ccc(CC(=O)c3ncc(C#N)[nH]3)c(C3=CCC(C)(C)CC3)c2)C[C@H](C)O1. The first kappa shape index (κ1) is 23.4. The number of carbonyl (C=O) groups excluding carboxylic acids is 1. The standard InChI is InChI=1S/C27H33N3O3/c1-17-13-27(32,14-18(2)33-17)21-6-5-20(11-24(31)25-29-16-22(15-28)30-25)23(12-21)19-7-9-26(3,4)10-8-19/h5-7,12,16-18,32H,8-11,13-14H2,1-4H3,(H,29,30)/t17-,18+,27?. The summed E-state index contributed by atoms with van der Waals surface area (Å²) < 4.78 is 5.86. The van der Waals surface area contributed by atoms with Crippen LogP contribution in [0.15, 0.2) is 30.5 Å². The molecule has 0 spiro atoms. The molecule has 0 amide bonds. The third-order valence-electron chi connectivity index (χ3n) is 6.99. The van der Waals surface area contributed by atoms with Gasteiger partial charge in [0.25, 0.3) is 0 Å². The predicted octanol–water partition coefficient (Wildman–Crippen LogP) is 5.08. The number of nitrogens with zero attached hydrogens (tertiary/aromatic N) is 2. The summed E-state index contributed by atoms with van der Waals surface area (Å²) in [7, 11) is 0. The number of rotatable bonds is 5. The average molecular weight is 448 g/mol. The number of carbonyl (C=O) groups is 1. The van der Waals surface area contributed by atoms with Gasteiger partial charge in [-0.1, -0.05) is 32.1 Å².